The Morgan fingerprint density at radius 3 is 2.93 bits per heavy atom. The molecule has 3 rings (SSSR count). The molecule has 9 heteroatoms. The van der Waals surface area contributed by atoms with Gasteiger partial charge >= 0.3 is 5.97 Å². The minimum Gasteiger partial charge on any atom is -0.461 e. The zero-order chi connectivity index (χ0) is 19.8. The van der Waals surface area contributed by atoms with Gasteiger partial charge in [0.05, 0.1) is 16.4 Å². The van der Waals surface area contributed by atoms with Crippen LogP contribution in [0.3, 0.4) is 0 Å². The molecule has 0 fully saturated rings. The van der Waals surface area contributed by atoms with Crippen LogP contribution in [0.4, 0.5) is 5.69 Å². The maximum atomic E-state index is 12.7. The van der Waals surface area contributed by atoms with Gasteiger partial charge < -0.3 is 14.9 Å². The number of hydrogen-bond donors (Lipinski definition) is 3. The van der Waals surface area contributed by atoms with E-state index in [2.05, 4.69) is 16.8 Å². The average Bonchev–Trinajstić information content (AvgIpc) is 2.97. The number of nitro groups is 1. The Bertz CT molecular complexity index is 958. The first-order chi connectivity index (χ1) is 12.8. The van der Waals surface area contributed by atoms with Crippen molar-refractivity contribution in [3.8, 4) is 0 Å². The highest BCUT2D eigenvalue weighted by Crippen LogP contribution is 2.45. The standard InChI is InChI=1S/C18H19N3O6/c1-3-7-27-17(23)15-13(10-5-4-6-11(8-10)21(25)26)14-12(9-18(15,2)24)19-20-16(14)22/h3-6,8,13,15,24H,1,7,9H2,2H3,(H2,19,20,22)/t13-,15+,18-/m1/s1. The van der Waals surface area contributed by atoms with Gasteiger partial charge in [-0.1, -0.05) is 24.8 Å². The first-order valence-corrected chi connectivity index (χ1v) is 8.30. The van der Waals surface area contributed by atoms with Crippen LogP contribution >= 0.6 is 0 Å². The lowest BCUT2D eigenvalue weighted by Crippen LogP contribution is -2.50. The number of nitrogens with one attached hydrogen (secondary N) is 2. The summed E-state index contributed by atoms with van der Waals surface area (Å²) in [6.07, 6.45) is 1.42. The van der Waals surface area contributed by atoms with Crippen molar-refractivity contribution in [2.75, 3.05) is 6.61 Å². The number of aromatic amines is 2. The van der Waals surface area contributed by atoms with Crippen LogP contribution < -0.4 is 5.56 Å². The minimum atomic E-state index is -1.54. The molecule has 0 radical (unpaired) electrons. The summed E-state index contributed by atoms with van der Waals surface area (Å²) in [5.41, 5.74) is -1.07. The summed E-state index contributed by atoms with van der Waals surface area (Å²) in [4.78, 5) is 35.7. The van der Waals surface area contributed by atoms with Gasteiger partial charge in [-0.25, -0.2) is 0 Å². The molecule has 0 aliphatic heterocycles. The second-order valence-corrected chi connectivity index (χ2v) is 6.73. The molecule has 0 unspecified atom stereocenters. The molecule has 2 aromatic rings. The Labute approximate surface area is 153 Å². The van der Waals surface area contributed by atoms with E-state index in [9.17, 15) is 24.8 Å². The van der Waals surface area contributed by atoms with E-state index in [4.69, 9.17) is 4.74 Å². The molecule has 1 aliphatic carbocycles. The molecule has 3 N–H and O–H groups in total. The number of esters is 1. The number of rotatable bonds is 5. The number of ether oxygens (including phenoxy) is 1. The summed E-state index contributed by atoms with van der Waals surface area (Å²) in [7, 11) is 0. The Morgan fingerprint density at radius 1 is 1.52 bits per heavy atom. The van der Waals surface area contributed by atoms with Gasteiger partial charge in [-0.3, -0.25) is 24.8 Å². The first kappa shape index (κ1) is 18.6. The SMILES string of the molecule is C=CCOC(=O)[C@@H]1[C@H](c2cccc([N+](=O)[O-])c2)c2c([nH][nH]c2=O)C[C@@]1(C)O. The predicted octanol–water partition coefficient (Wildman–Crippen LogP) is 1.40. The number of hydrogen-bond acceptors (Lipinski definition) is 6. The number of carbonyl (C=O) groups excluding carboxylic acids is 1. The molecule has 0 spiro atoms. The van der Waals surface area contributed by atoms with Crippen molar-refractivity contribution in [3.05, 3.63) is 74.2 Å². The van der Waals surface area contributed by atoms with Gasteiger partial charge in [0.25, 0.3) is 11.2 Å². The zero-order valence-electron chi connectivity index (χ0n) is 14.6. The molecule has 0 saturated heterocycles. The fourth-order valence-electron chi connectivity index (χ4n) is 3.68. The lowest BCUT2D eigenvalue weighted by atomic mass is 9.66. The Morgan fingerprint density at radius 2 is 2.26 bits per heavy atom. The molecule has 1 heterocycles. The normalized spacial score (nSPS) is 24.1. The van der Waals surface area contributed by atoms with Crippen LogP contribution in [0.2, 0.25) is 0 Å². The van der Waals surface area contributed by atoms with Crippen LogP contribution in [0, 0.1) is 16.0 Å². The fraction of sp³-hybridized carbons (Fsp3) is 0.333. The molecule has 0 amide bonds. The average molecular weight is 373 g/mol. The molecule has 1 aromatic carbocycles. The molecule has 1 aromatic heterocycles. The van der Waals surface area contributed by atoms with E-state index < -0.39 is 33.9 Å². The van der Waals surface area contributed by atoms with Crippen molar-refractivity contribution >= 4 is 11.7 Å². The number of aromatic nitrogens is 2. The number of benzene rings is 1. The molecular formula is C18H19N3O6. The van der Waals surface area contributed by atoms with Crippen molar-refractivity contribution in [1.29, 1.82) is 0 Å². The van der Waals surface area contributed by atoms with E-state index in [1.165, 1.54) is 31.2 Å². The second kappa shape index (κ2) is 6.84. The summed E-state index contributed by atoms with van der Waals surface area (Å²) in [5.74, 6) is -2.73. The number of aliphatic hydroxyl groups is 1. The van der Waals surface area contributed by atoms with Crippen molar-refractivity contribution in [1.82, 2.24) is 10.2 Å². The third-order valence-electron chi connectivity index (χ3n) is 4.78. The van der Waals surface area contributed by atoms with Crippen LogP contribution in [0.5, 0.6) is 0 Å². The van der Waals surface area contributed by atoms with Gasteiger partial charge in [-0.05, 0) is 12.5 Å². The largest absolute Gasteiger partial charge is 0.461 e. The quantitative estimate of drug-likeness (QED) is 0.313. The lowest BCUT2D eigenvalue weighted by molar-refractivity contribution is -0.384. The van der Waals surface area contributed by atoms with Gasteiger partial charge in [0.2, 0.25) is 0 Å². The van der Waals surface area contributed by atoms with Crippen molar-refractivity contribution in [2.24, 2.45) is 5.92 Å². The highest BCUT2D eigenvalue weighted by Gasteiger charge is 2.51. The van der Waals surface area contributed by atoms with E-state index >= 15 is 0 Å². The van der Waals surface area contributed by atoms with Gasteiger partial charge in [-0.2, -0.15) is 0 Å². The smallest absolute Gasteiger partial charge is 0.313 e. The van der Waals surface area contributed by atoms with Gasteiger partial charge in [0.15, 0.2) is 0 Å². The Hall–Kier alpha value is -3.20. The number of non-ortho nitro benzene ring substituents is 1. The Kier molecular flexibility index (Phi) is 4.71. The van der Waals surface area contributed by atoms with E-state index in [1.54, 1.807) is 6.07 Å². The number of carbonyl (C=O) groups is 1. The van der Waals surface area contributed by atoms with Gasteiger partial charge in [0.1, 0.15) is 6.61 Å². The monoisotopic (exact) mass is 373 g/mol. The summed E-state index contributed by atoms with van der Waals surface area (Å²) >= 11 is 0. The summed E-state index contributed by atoms with van der Waals surface area (Å²) in [5, 5.41) is 27.3. The molecular weight excluding hydrogens is 354 g/mol. The van der Waals surface area contributed by atoms with Crippen molar-refractivity contribution < 1.29 is 19.6 Å². The van der Waals surface area contributed by atoms with E-state index in [0.717, 1.165) is 0 Å². The number of nitrogens with zero attached hydrogens (tertiary/aromatic N) is 1. The summed E-state index contributed by atoms with van der Waals surface area (Å²) < 4.78 is 5.15. The Balaban J connectivity index is 2.20. The van der Waals surface area contributed by atoms with Crippen molar-refractivity contribution in [3.63, 3.8) is 0 Å². The topological polar surface area (TPSA) is 138 Å². The van der Waals surface area contributed by atoms with Gasteiger partial charge in [-0.15, -0.1) is 0 Å². The minimum absolute atomic E-state index is 0.0281. The predicted molar refractivity (Wildman–Crippen MR) is 95.3 cm³/mol. The summed E-state index contributed by atoms with van der Waals surface area (Å²) in [6, 6.07) is 5.68. The van der Waals surface area contributed by atoms with E-state index in [-0.39, 0.29) is 24.3 Å². The lowest BCUT2D eigenvalue weighted by Gasteiger charge is -2.40. The molecule has 9 nitrogen and oxygen atoms in total. The highest BCUT2D eigenvalue weighted by molar-refractivity contribution is 5.77. The number of H-pyrrole nitrogens is 2. The van der Waals surface area contributed by atoms with Gasteiger partial charge in [0, 0.05) is 35.7 Å². The fourth-order valence-corrected chi connectivity index (χ4v) is 3.68. The number of fused-ring (bicyclic) bond motifs is 1. The first-order valence-electron chi connectivity index (χ1n) is 8.30. The maximum Gasteiger partial charge on any atom is 0.313 e. The maximum absolute atomic E-state index is 12.7. The van der Waals surface area contributed by atoms with E-state index in [1.807, 2.05) is 0 Å². The molecule has 1 aliphatic rings. The zero-order valence-corrected chi connectivity index (χ0v) is 14.6. The van der Waals surface area contributed by atoms with Crippen LogP contribution in [0.15, 0.2) is 41.7 Å². The summed E-state index contributed by atoms with van der Waals surface area (Å²) in [6.45, 7) is 4.91. The van der Waals surface area contributed by atoms with Crippen LogP contribution in [0.1, 0.15) is 29.7 Å². The molecule has 3 atom stereocenters. The third kappa shape index (κ3) is 3.28. The van der Waals surface area contributed by atoms with Crippen LogP contribution in [-0.2, 0) is 16.0 Å². The van der Waals surface area contributed by atoms with Crippen molar-refractivity contribution in [2.45, 2.75) is 24.9 Å². The third-order valence-corrected chi connectivity index (χ3v) is 4.78. The molecule has 142 valence electrons. The van der Waals surface area contributed by atoms with E-state index in [0.29, 0.717) is 11.3 Å². The number of nitro benzene ring substituents is 1. The second-order valence-electron chi connectivity index (χ2n) is 6.73. The van der Waals surface area contributed by atoms with Crippen LogP contribution in [0.25, 0.3) is 0 Å². The molecule has 0 saturated carbocycles. The van der Waals surface area contributed by atoms with Crippen LogP contribution in [-0.4, -0.2) is 38.4 Å². The molecule has 0 bridgehead atoms. The highest BCUT2D eigenvalue weighted by atomic mass is 16.6. The molecule has 27 heavy (non-hydrogen) atoms.